The summed E-state index contributed by atoms with van der Waals surface area (Å²) in [6.45, 7) is 7.09. The van der Waals surface area contributed by atoms with E-state index in [4.69, 9.17) is 0 Å². The van der Waals surface area contributed by atoms with E-state index in [0.29, 0.717) is 19.6 Å². The van der Waals surface area contributed by atoms with Gasteiger partial charge < -0.3 is 4.90 Å². The Morgan fingerprint density at radius 3 is 2.42 bits per heavy atom. The third kappa shape index (κ3) is 4.57. The third-order valence-electron chi connectivity index (χ3n) is 4.69. The van der Waals surface area contributed by atoms with Crippen LogP contribution >= 0.6 is 0 Å². The fourth-order valence-electron chi connectivity index (χ4n) is 3.32. The first-order valence-electron chi connectivity index (χ1n) is 8.70. The van der Waals surface area contributed by atoms with Crippen molar-refractivity contribution in [2.75, 3.05) is 25.4 Å². The summed E-state index contributed by atoms with van der Waals surface area (Å²) in [5.74, 6) is -0.685. The first kappa shape index (κ1) is 18.9. The van der Waals surface area contributed by atoms with E-state index in [0.717, 1.165) is 19.3 Å². The van der Waals surface area contributed by atoms with Crippen molar-refractivity contribution < 1.29 is 13.2 Å². The molecule has 5 nitrogen and oxygen atoms in total. The minimum Gasteiger partial charge on any atom is -0.338 e. The van der Waals surface area contributed by atoms with Crippen LogP contribution < -0.4 is 0 Å². The van der Waals surface area contributed by atoms with Gasteiger partial charge in [-0.3, -0.25) is 4.79 Å². The number of hydrogen-bond acceptors (Lipinski definition) is 3. The van der Waals surface area contributed by atoms with Gasteiger partial charge in [0.2, 0.25) is 15.9 Å². The van der Waals surface area contributed by atoms with Gasteiger partial charge in [-0.2, -0.15) is 0 Å². The summed E-state index contributed by atoms with van der Waals surface area (Å²) in [6.07, 6.45) is 2.66. The van der Waals surface area contributed by atoms with Crippen molar-refractivity contribution in [1.29, 1.82) is 0 Å². The Kier molecular flexibility index (Phi) is 6.40. The highest BCUT2D eigenvalue weighted by Gasteiger charge is 2.32. The zero-order chi connectivity index (χ0) is 17.7. The molecule has 1 aliphatic rings. The summed E-state index contributed by atoms with van der Waals surface area (Å²) in [5.41, 5.74) is 2.40. The van der Waals surface area contributed by atoms with E-state index >= 15 is 0 Å². The van der Waals surface area contributed by atoms with Crippen LogP contribution in [-0.4, -0.2) is 55.0 Å². The molecule has 0 aromatic heterocycles. The zero-order valence-corrected chi connectivity index (χ0v) is 15.7. The Morgan fingerprint density at radius 2 is 1.83 bits per heavy atom. The quantitative estimate of drug-likeness (QED) is 0.756. The van der Waals surface area contributed by atoms with Crippen LogP contribution in [0.2, 0.25) is 0 Å². The van der Waals surface area contributed by atoms with E-state index in [2.05, 4.69) is 24.3 Å². The molecule has 0 bridgehead atoms. The number of amides is 1. The largest absolute Gasteiger partial charge is 0.338 e. The number of aryl methyl sites for hydroxylation is 1. The monoisotopic (exact) mass is 352 g/mol. The molecule has 1 unspecified atom stereocenters. The summed E-state index contributed by atoms with van der Waals surface area (Å²) < 4.78 is 26.0. The van der Waals surface area contributed by atoms with Crippen LogP contribution in [0.1, 0.15) is 37.8 Å². The van der Waals surface area contributed by atoms with Crippen LogP contribution in [0.5, 0.6) is 0 Å². The molecule has 0 saturated carbocycles. The van der Waals surface area contributed by atoms with Gasteiger partial charge in [-0.15, -0.1) is 0 Å². The molecule has 6 heteroatoms. The molecule has 0 N–H and O–H groups in total. The maximum Gasteiger partial charge on any atom is 0.239 e. The second-order valence-electron chi connectivity index (χ2n) is 6.41. The summed E-state index contributed by atoms with van der Waals surface area (Å²) in [5, 5.41) is 0. The highest BCUT2D eigenvalue weighted by molar-refractivity contribution is 7.89. The minimum absolute atomic E-state index is 0.104. The Morgan fingerprint density at radius 1 is 1.21 bits per heavy atom. The summed E-state index contributed by atoms with van der Waals surface area (Å²) in [7, 11) is -3.52. The topological polar surface area (TPSA) is 57.7 Å². The number of nitrogens with zero attached hydrogens (tertiary/aromatic N) is 2. The Bertz CT molecular complexity index is 651. The van der Waals surface area contributed by atoms with E-state index in [-0.39, 0.29) is 11.9 Å². The number of carbonyl (C=O) groups excluding carboxylic acids is 1. The predicted molar refractivity (Wildman–Crippen MR) is 96.3 cm³/mol. The summed E-state index contributed by atoms with van der Waals surface area (Å²) >= 11 is 0. The molecular formula is C18H28N2O3S. The van der Waals surface area contributed by atoms with Gasteiger partial charge in [0.1, 0.15) is 5.75 Å². The number of hydrogen-bond donors (Lipinski definition) is 0. The minimum atomic E-state index is -3.52. The van der Waals surface area contributed by atoms with Crippen molar-refractivity contribution in [2.45, 2.75) is 46.1 Å². The maximum absolute atomic E-state index is 12.6. The van der Waals surface area contributed by atoms with Gasteiger partial charge in [0.05, 0.1) is 0 Å². The van der Waals surface area contributed by atoms with Gasteiger partial charge in [0.25, 0.3) is 0 Å². The molecule has 24 heavy (non-hydrogen) atoms. The molecule has 1 aliphatic heterocycles. The molecule has 1 heterocycles. The van der Waals surface area contributed by atoms with E-state index in [1.165, 1.54) is 15.4 Å². The number of likely N-dealkylation sites (tertiary alicyclic amines) is 1. The van der Waals surface area contributed by atoms with Crippen LogP contribution in [0.25, 0.3) is 0 Å². The zero-order valence-electron chi connectivity index (χ0n) is 14.9. The molecule has 1 fully saturated rings. The van der Waals surface area contributed by atoms with E-state index in [1.54, 1.807) is 18.7 Å². The average Bonchev–Trinajstić information content (AvgIpc) is 2.98. The van der Waals surface area contributed by atoms with Crippen molar-refractivity contribution in [3.8, 4) is 0 Å². The van der Waals surface area contributed by atoms with Crippen LogP contribution in [-0.2, 0) is 21.2 Å². The van der Waals surface area contributed by atoms with Gasteiger partial charge >= 0.3 is 0 Å². The molecule has 0 radical (unpaired) electrons. The maximum atomic E-state index is 12.6. The van der Waals surface area contributed by atoms with Gasteiger partial charge in [-0.05, 0) is 31.7 Å². The first-order chi connectivity index (χ1) is 11.4. The standard InChI is InChI=1S/C18H28N2O3S/c1-4-19(5-2)24(22,23)14-18(21)20-12-6-7-17(20)13-16-10-8-15(3)9-11-16/h8-11,17H,4-7,12-14H2,1-3H3. The molecular weight excluding hydrogens is 324 g/mol. The average molecular weight is 353 g/mol. The van der Waals surface area contributed by atoms with Gasteiger partial charge in [0.15, 0.2) is 0 Å². The Balaban J connectivity index is 2.04. The molecule has 0 spiro atoms. The molecule has 1 aromatic rings. The molecule has 1 aromatic carbocycles. The van der Waals surface area contributed by atoms with Crippen LogP contribution in [0.3, 0.4) is 0 Å². The number of benzene rings is 1. The first-order valence-corrected chi connectivity index (χ1v) is 10.3. The summed E-state index contributed by atoms with van der Waals surface area (Å²) in [6, 6.07) is 8.42. The highest BCUT2D eigenvalue weighted by Crippen LogP contribution is 2.22. The smallest absolute Gasteiger partial charge is 0.239 e. The molecule has 2 rings (SSSR count). The van der Waals surface area contributed by atoms with Crippen molar-refractivity contribution in [3.63, 3.8) is 0 Å². The molecule has 1 atom stereocenters. The van der Waals surface area contributed by atoms with Crippen molar-refractivity contribution in [1.82, 2.24) is 9.21 Å². The second-order valence-corrected chi connectivity index (χ2v) is 8.38. The Hall–Kier alpha value is -1.40. The van der Waals surface area contributed by atoms with E-state index in [9.17, 15) is 13.2 Å². The number of carbonyl (C=O) groups is 1. The lowest BCUT2D eigenvalue weighted by molar-refractivity contribution is -0.129. The summed E-state index contributed by atoms with van der Waals surface area (Å²) in [4.78, 5) is 14.3. The molecule has 0 aliphatic carbocycles. The van der Waals surface area contributed by atoms with Crippen LogP contribution in [0.15, 0.2) is 24.3 Å². The SMILES string of the molecule is CCN(CC)S(=O)(=O)CC(=O)N1CCCC1Cc1ccc(C)cc1. The van der Waals surface area contributed by atoms with Gasteiger partial charge in [-0.25, -0.2) is 12.7 Å². The molecule has 1 amide bonds. The van der Waals surface area contributed by atoms with E-state index in [1.807, 2.05) is 6.92 Å². The van der Waals surface area contributed by atoms with Crippen molar-refractivity contribution in [3.05, 3.63) is 35.4 Å². The lowest BCUT2D eigenvalue weighted by atomic mass is 10.0. The lowest BCUT2D eigenvalue weighted by Gasteiger charge is -2.26. The van der Waals surface area contributed by atoms with Crippen molar-refractivity contribution in [2.24, 2.45) is 0 Å². The number of sulfonamides is 1. The highest BCUT2D eigenvalue weighted by atomic mass is 32.2. The Labute approximate surface area is 145 Å². The van der Waals surface area contributed by atoms with E-state index < -0.39 is 15.8 Å². The second kappa shape index (κ2) is 8.12. The van der Waals surface area contributed by atoms with Gasteiger partial charge in [0, 0.05) is 25.7 Å². The normalized spacial score (nSPS) is 18.3. The van der Waals surface area contributed by atoms with Crippen LogP contribution in [0, 0.1) is 6.92 Å². The van der Waals surface area contributed by atoms with Gasteiger partial charge in [-0.1, -0.05) is 43.7 Å². The molecule has 1 saturated heterocycles. The number of rotatable bonds is 7. The lowest BCUT2D eigenvalue weighted by Crippen LogP contribution is -2.43. The molecule has 134 valence electrons. The fourth-order valence-corrected chi connectivity index (χ4v) is 4.77. The predicted octanol–water partition coefficient (Wildman–Crippen LogP) is 2.20. The van der Waals surface area contributed by atoms with Crippen molar-refractivity contribution >= 4 is 15.9 Å². The van der Waals surface area contributed by atoms with Crippen LogP contribution in [0.4, 0.5) is 0 Å². The fraction of sp³-hybridized carbons (Fsp3) is 0.611. The third-order valence-corrected chi connectivity index (χ3v) is 6.61.